The van der Waals surface area contributed by atoms with Gasteiger partial charge in [-0.3, -0.25) is 0 Å². The fourth-order valence-electron chi connectivity index (χ4n) is 8.62. The molecule has 400 valence electrons. The molecule has 0 unspecified atom stereocenters. The molecule has 0 fully saturated rings. The molecular weight excluding hydrogens is 1090 g/mol. The van der Waals surface area contributed by atoms with Gasteiger partial charge >= 0.3 is 206 Å². The summed E-state index contributed by atoms with van der Waals surface area (Å²) in [5.41, 5.74) is 21.3. The largest absolute Gasteiger partial charge is 1.00 e. The molecule has 0 radical (unpaired) electrons. The Bertz CT molecular complexity index is 2560. The minimum Gasteiger partial charge on any atom is -0.872 e. The molecular formula is C72H84K4O4. The zero-order valence-electron chi connectivity index (χ0n) is 52.6. The zero-order valence-corrected chi connectivity index (χ0v) is 65.1. The number of aryl methyl sites for hydroxylation is 16. The van der Waals surface area contributed by atoms with Crippen LogP contribution in [0.1, 0.15) is 111 Å². The van der Waals surface area contributed by atoms with Gasteiger partial charge in [0.25, 0.3) is 0 Å². The molecule has 0 aliphatic heterocycles. The van der Waals surface area contributed by atoms with Crippen LogP contribution in [-0.4, -0.2) is 0 Å². The van der Waals surface area contributed by atoms with E-state index in [1.807, 2.05) is 204 Å². The van der Waals surface area contributed by atoms with Crippen LogP contribution < -0.4 is 226 Å². The van der Waals surface area contributed by atoms with E-state index >= 15 is 0 Å². The summed E-state index contributed by atoms with van der Waals surface area (Å²) >= 11 is 0. The standard InChI is InChI=1S/4C11H14O.4C7H8.4K/c4*1-7-5-8(2)11(10(4)12)9(3)6-7;4*1-7-5-3-2-4-6-7;;;;/h4*5-6,12H,4H2,1-3H3;4*2-6H,1H3;;;;/q;;;;;;;;4*+1/p-4. The molecule has 0 saturated heterocycles. The van der Waals surface area contributed by atoms with Crippen LogP contribution in [0, 0.1) is 111 Å². The van der Waals surface area contributed by atoms with E-state index in [9.17, 15) is 20.4 Å². The summed E-state index contributed by atoms with van der Waals surface area (Å²) < 4.78 is 0. The van der Waals surface area contributed by atoms with E-state index in [-0.39, 0.29) is 229 Å². The Balaban J connectivity index is -0.000000414. The maximum atomic E-state index is 11.1. The second-order valence-electron chi connectivity index (χ2n) is 19.4. The van der Waals surface area contributed by atoms with Crippen LogP contribution in [0.2, 0.25) is 0 Å². The van der Waals surface area contributed by atoms with Crippen LogP contribution in [0.3, 0.4) is 0 Å². The van der Waals surface area contributed by atoms with Crippen molar-refractivity contribution in [1.82, 2.24) is 0 Å². The molecule has 8 rings (SSSR count). The molecule has 0 atom stereocenters. The number of rotatable bonds is 4. The maximum absolute atomic E-state index is 11.1. The van der Waals surface area contributed by atoms with Crippen LogP contribution in [-0.2, 0) is 0 Å². The molecule has 0 bridgehead atoms. The Kier molecular flexibility index (Phi) is 49.6. The monoisotopic (exact) mass is 1170 g/mol. The number of benzene rings is 8. The Labute approximate surface area is 655 Å². The minimum absolute atomic E-state index is 0. The van der Waals surface area contributed by atoms with Gasteiger partial charge in [-0.25, -0.2) is 0 Å². The van der Waals surface area contributed by atoms with Crippen molar-refractivity contribution in [3.8, 4) is 0 Å². The fourth-order valence-corrected chi connectivity index (χ4v) is 8.62. The zero-order chi connectivity index (χ0) is 57.7. The van der Waals surface area contributed by atoms with Crippen molar-refractivity contribution >= 4 is 23.0 Å². The van der Waals surface area contributed by atoms with Gasteiger partial charge in [-0.2, -0.15) is 0 Å². The van der Waals surface area contributed by atoms with Crippen molar-refractivity contribution in [2.24, 2.45) is 0 Å². The Morgan fingerprint density at radius 2 is 0.325 bits per heavy atom. The van der Waals surface area contributed by atoms with E-state index in [0.29, 0.717) is 0 Å². The van der Waals surface area contributed by atoms with Crippen molar-refractivity contribution in [2.45, 2.75) is 111 Å². The van der Waals surface area contributed by atoms with Crippen LogP contribution >= 0.6 is 0 Å². The van der Waals surface area contributed by atoms with Crippen molar-refractivity contribution < 1.29 is 226 Å². The van der Waals surface area contributed by atoms with Gasteiger partial charge in [0.1, 0.15) is 0 Å². The predicted octanol–water partition coefficient (Wildman–Crippen LogP) is 3.77. The molecule has 8 aromatic carbocycles. The second kappa shape index (κ2) is 46.7. The molecule has 8 heteroatoms. The van der Waals surface area contributed by atoms with Gasteiger partial charge in [-0.05, 0) is 178 Å². The van der Waals surface area contributed by atoms with Gasteiger partial charge in [0.15, 0.2) is 0 Å². The van der Waals surface area contributed by atoms with E-state index in [1.165, 1.54) is 44.5 Å². The van der Waals surface area contributed by atoms with Crippen LogP contribution in [0.25, 0.3) is 23.0 Å². The maximum Gasteiger partial charge on any atom is 1.00 e. The first-order chi connectivity index (χ1) is 35.7. The first kappa shape index (κ1) is 84.9. The van der Waals surface area contributed by atoms with Crippen molar-refractivity contribution in [2.75, 3.05) is 0 Å². The number of hydrogen-bond donors (Lipinski definition) is 0. The van der Waals surface area contributed by atoms with Crippen molar-refractivity contribution in [1.29, 1.82) is 0 Å². The fraction of sp³-hybridized carbons (Fsp3) is 0.222. The molecule has 0 aromatic heterocycles. The Morgan fingerprint density at radius 1 is 0.212 bits per heavy atom. The van der Waals surface area contributed by atoms with Gasteiger partial charge < -0.3 is 20.4 Å². The molecule has 0 aliphatic carbocycles. The quantitative estimate of drug-likeness (QED) is 0.199. The van der Waals surface area contributed by atoms with E-state index in [0.717, 1.165) is 66.8 Å². The van der Waals surface area contributed by atoms with Gasteiger partial charge in [0.05, 0.1) is 0 Å². The smallest absolute Gasteiger partial charge is 0.872 e. The molecule has 0 N–H and O–H groups in total. The summed E-state index contributed by atoms with van der Waals surface area (Å²) in [6, 6.07) is 57.1. The molecule has 0 aliphatic rings. The normalized spacial score (nSPS) is 9.00. The summed E-state index contributed by atoms with van der Waals surface area (Å²) in [4.78, 5) is 0. The molecule has 0 heterocycles. The van der Waals surface area contributed by atoms with Gasteiger partial charge in [0.2, 0.25) is 0 Å². The van der Waals surface area contributed by atoms with Gasteiger partial charge in [-0.1, -0.05) is 214 Å². The van der Waals surface area contributed by atoms with E-state index in [2.05, 4.69) is 103 Å². The average molecular weight is 1170 g/mol. The molecule has 4 nitrogen and oxygen atoms in total. The molecule has 80 heavy (non-hydrogen) atoms. The van der Waals surface area contributed by atoms with Crippen LogP contribution in [0.5, 0.6) is 0 Å². The van der Waals surface area contributed by atoms with E-state index in [1.54, 1.807) is 0 Å². The third-order valence-corrected chi connectivity index (χ3v) is 11.6. The Hall–Kier alpha value is -1.53. The minimum atomic E-state index is -0.0926. The Morgan fingerprint density at radius 3 is 0.400 bits per heavy atom. The predicted molar refractivity (Wildman–Crippen MR) is 323 cm³/mol. The summed E-state index contributed by atoms with van der Waals surface area (Å²) in [5.74, 6) is -0.370. The first-order valence-corrected chi connectivity index (χ1v) is 25.5. The number of hydrogen-bond acceptors (Lipinski definition) is 4. The second-order valence-corrected chi connectivity index (χ2v) is 19.4. The average Bonchev–Trinajstić information content (AvgIpc) is 3.30. The molecule has 0 amide bonds. The van der Waals surface area contributed by atoms with E-state index < -0.39 is 0 Å². The summed E-state index contributed by atoms with van der Waals surface area (Å²) in [6.45, 7) is 45.7. The molecule has 0 saturated carbocycles. The van der Waals surface area contributed by atoms with E-state index in [4.69, 9.17) is 0 Å². The SMILES string of the molecule is C=C([O-])c1c(C)cc(C)cc1C.C=C([O-])c1c(C)cc(C)cc1C.C=C([O-])c1c(C)cc(C)cc1C.C=C([O-])c1c(C)cc(C)cc1C.Cc1ccccc1.Cc1ccccc1.Cc1ccccc1.Cc1ccccc1.[K+].[K+].[K+].[K+]. The molecule has 0 spiro atoms. The van der Waals surface area contributed by atoms with Crippen molar-refractivity contribution in [3.05, 3.63) is 307 Å². The summed E-state index contributed by atoms with van der Waals surface area (Å²) in [6.07, 6.45) is 0. The summed E-state index contributed by atoms with van der Waals surface area (Å²) in [7, 11) is 0. The summed E-state index contributed by atoms with van der Waals surface area (Å²) in [5, 5.41) is 44.3. The van der Waals surface area contributed by atoms with Crippen LogP contribution in [0.4, 0.5) is 0 Å². The first-order valence-electron chi connectivity index (χ1n) is 25.5. The molecule has 8 aromatic rings. The van der Waals surface area contributed by atoms with Gasteiger partial charge in [-0.15, -0.1) is 49.4 Å². The third kappa shape index (κ3) is 35.7. The van der Waals surface area contributed by atoms with Crippen molar-refractivity contribution in [3.63, 3.8) is 0 Å². The topological polar surface area (TPSA) is 92.2 Å². The van der Waals surface area contributed by atoms with Crippen LogP contribution in [0.15, 0.2) is 196 Å². The van der Waals surface area contributed by atoms with Gasteiger partial charge in [0, 0.05) is 0 Å². The third-order valence-electron chi connectivity index (χ3n) is 11.6.